The van der Waals surface area contributed by atoms with Crippen molar-refractivity contribution >= 4 is 11.0 Å². The van der Waals surface area contributed by atoms with Crippen LogP contribution in [0.2, 0.25) is 0 Å². The first kappa shape index (κ1) is 14.4. The van der Waals surface area contributed by atoms with E-state index in [4.69, 9.17) is 0 Å². The summed E-state index contributed by atoms with van der Waals surface area (Å²) in [4.78, 5) is 17.0. The lowest BCUT2D eigenvalue weighted by molar-refractivity contribution is 0.747. The van der Waals surface area contributed by atoms with Gasteiger partial charge in [-0.1, -0.05) is 54.6 Å². The quantitative estimate of drug-likeness (QED) is 0.584. The third-order valence-corrected chi connectivity index (χ3v) is 4.06. The number of aromatic nitrogens is 4. The van der Waals surface area contributed by atoms with Crippen LogP contribution in [0.5, 0.6) is 0 Å². The first-order chi connectivity index (χ1) is 11.7. The summed E-state index contributed by atoms with van der Waals surface area (Å²) in [5.41, 5.74) is 3.75. The Morgan fingerprint density at radius 3 is 2.58 bits per heavy atom. The predicted molar refractivity (Wildman–Crippen MR) is 93.7 cm³/mol. The fourth-order valence-electron chi connectivity index (χ4n) is 2.91. The molecule has 0 saturated heterocycles. The molecule has 0 atom stereocenters. The van der Waals surface area contributed by atoms with Crippen LogP contribution in [-0.2, 0) is 13.6 Å². The molecule has 4 aromatic rings. The second-order valence-corrected chi connectivity index (χ2v) is 5.74. The molecule has 5 heteroatoms. The number of nitrogens with zero attached hydrogens (tertiary/aromatic N) is 4. The molecule has 5 nitrogen and oxygen atoms in total. The molecule has 24 heavy (non-hydrogen) atoms. The van der Waals surface area contributed by atoms with Crippen molar-refractivity contribution in [3.8, 4) is 11.1 Å². The van der Waals surface area contributed by atoms with Crippen molar-refractivity contribution in [2.45, 2.75) is 6.54 Å². The Bertz CT molecular complexity index is 1060. The highest BCUT2D eigenvalue weighted by molar-refractivity contribution is 5.72. The maximum atomic E-state index is 12.7. The Balaban J connectivity index is 1.80. The Kier molecular flexibility index (Phi) is 3.46. The van der Waals surface area contributed by atoms with Gasteiger partial charge in [-0.15, -0.1) is 0 Å². The van der Waals surface area contributed by atoms with Crippen LogP contribution >= 0.6 is 0 Å². The first-order valence-corrected chi connectivity index (χ1v) is 7.74. The topological polar surface area (TPSA) is 52.7 Å². The van der Waals surface area contributed by atoms with Crippen molar-refractivity contribution < 1.29 is 0 Å². The van der Waals surface area contributed by atoms with Gasteiger partial charge in [0.05, 0.1) is 6.54 Å². The Morgan fingerprint density at radius 1 is 1.00 bits per heavy atom. The van der Waals surface area contributed by atoms with Gasteiger partial charge in [-0.25, -0.2) is 4.98 Å². The summed E-state index contributed by atoms with van der Waals surface area (Å²) in [7, 11) is 1.79. The fourth-order valence-corrected chi connectivity index (χ4v) is 2.91. The minimum Gasteiger partial charge on any atom is -0.294 e. The van der Waals surface area contributed by atoms with Crippen molar-refractivity contribution in [2.24, 2.45) is 7.05 Å². The van der Waals surface area contributed by atoms with E-state index >= 15 is 0 Å². The molecule has 0 radical (unpaired) electrons. The number of hydrogen-bond donors (Lipinski definition) is 0. The summed E-state index contributed by atoms with van der Waals surface area (Å²) in [6.07, 6.45) is 3.28. The van der Waals surface area contributed by atoms with Crippen molar-refractivity contribution in [2.75, 3.05) is 0 Å². The molecule has 4 rings (SSSR count). The molecule has 118 valence electrons. The summed E-state index contributed by atoms with van der Waals surface area (Å²) in [6.45, 7) is 0.474. The molecule has 0 aliphatic heterocycles. The number of hydrogen-bond acceptors (Lipinski definition) is 3. The van der Waals surface area contributed by atoms with Crippen LogP contribution in [0.4, 0.5) is 0 Å². The van der Waals surface area contributed by atoms with Gasteiger partial charge in [-0.05, 0) is 16.7 Å². The Labute approximate surface area is 138 Å². The highest BCUT2D eigenvalue weighted by atomic mass is 16.1. The molecule has 0 amide bonds. The molecule has 0 saturated carbocycles. The molecule has 0 aliphatic carbocycles. The minimum absolute atomic E-state index is 0.0732. The summed E-state index contributed by atoms with van der Waals surface area (Å²) in [5.74, 6) is 0. The lowest BCUT2D eigenvalue weighted by Gasteiger charge is -2.11. The Hall–Kier alpha value is -3.21. The van der Waals surface area contributed by atoms with Crippen molar-refractivity contribution in [1.29, 1.82) is 0 Å². The summed E-state index contributed by atoms with van der Waals surface area (Å²) in [6, 6.07) is 18.3. The van der Waals surface area contributed by atoms with Gasteiger partial charge in [0.15, 0.2) is 5.65 Å². The van der Waals surface area contributed by atoms with E-state index in [-0.39, 0.29) is 5.56 Å². The molecular formula is C19H16N4O. The van der Waals surface area contributed by atoms with Crippen LogP contribution in [0.1, 0.15) is 5.56 Å². The summed E-state index contributed by atoms with van der Waals surface area (Å²) >= 11 is 0. The fraction of sp³-hybridized carbons (Fsp3) is 0.105. The molecule has 0 bridgehead atoms. The van der Waals surface area contributed by atoms with Crippen LogP contribution in [0.15, 0.2) is 71.9 Å². The number of rotatable bonds is 3. The van der Waals surface area contributed by atoms with Crippen LogP contribution in [0, 0.1) is 0 Å². The monoisotopic (exact) mass is 316 g/mol. The molecule has 0 fully saturated rings. The molecular weight excluding hydrogens is 300 g/mol. The van der Waals surface area contributed by atoms with Crippen molar-refractivity contribution in [3.05, 3.63) is 83.0 Å². The predicted octanol–water partition coefficient (Wildman–Crippen LogP) is 2.85. The largest absolute Gasteiger partial charge is 0.294 e. The summed E-state index contributed by atoms with van der Waals surface area (Å²) < 4.78 is 3.24. The molecule has 2 aromatic carbocycles. The van der Waals surface area contributed by atoms with Gasteiger partial charge < -0.3 is 0 Å². The first-order valence-electron chi connectivity index (χ1n) is 7.74. The second-order valence-electron chi connectivity index (χ2n) is 5.74. The lowest BCUT2D eigenvalue weighted by Crippen LogP contribution is -2.21. The van der Waals surface area contributed by atoms with Crippen molar-refractivity contribution in [1.82, 2.24) is 19.3 Å². The Morgan fingerprint density at radius 2 is 1.75 bits per heavy atom. The third-order valence-electron chi connectivity index (χ3n) is 4.06. The van der Waals surface area contributed by atoms with E-state index in [0.29, 0.717) is 17.6 Å². The number of fused-ring (bicyclic) bond motifs is 1. The molecule has 0 N–H and O–H groups in total. The SMILES string of the molecule is Cn1cc2c(=O)n(Cc3ccccc3-c3ccccc3)cnc2n1. The van der Waals surface area contributed by atoms with Crippen LogP contribution in [0.25, 0.3) is 22.2 Å². The maximum Gasteiger partial charge on any atom is 0.264 e. The van der Waals surface area contributed by atoms with E-state index in [0.717, 1.165) is 16.7 Å². The van der Waals surface area contributed by atoms with Crippen molar-refractivity contribution in [3.63, 3.8) is 0 Å². The highest BCUT2D eigenvalue weighted by Crippen LogP contribution is 2.23. The zero-order valence-corrected chi connectivity index (χ0v) is 13.3. The van der Waals surface area contributed by atoms with Crippen LogP contribution in [-0.4, -0.2) is 19.3 Å². The smallest absolute Gasteiger partial charge is 0.264 e. The molecule has 2 heterocycles. The van der Waals surface area contributed by atoms with E-state index in [1.807, 2.05) is 36.4 Å². The minimum atomic E-state index is -0.0732. The third kappa shape index (κ3) is 2.50. The normalized spacial score (nSPS) is 11.0. The van der Waals surface area contributed by atoms with E-state index in [9.17, 15) is 4.79 Å². The van der Waals surface area contributed by atoms with Gasteiger partial charge >= 0.3 is 0 Å². The molecule has 0 aliphatic rings. The number of benzene rings is 2. The molecule has 0 spiro atoms. The van der Waals surface area contributed by atoms with Gasteiger partial charge in [0, 0.05) is 13.2 Å². The molecule has 0 unspecified atom stereocenters. The van der Waals surface area contributed by atoms with Crippen LogP contribution in [0.3, 0.4) is 0 Å². The van der Waals surface area contributed by atoms with Gasteiger partial charge in [-0.2, -0.15) is 5.10 Å². The lowest BCUT2D eigenvalue weighted by atomic mass is 10.00. The average molecular weight is 316 g/mol. The molecule has 2 aromatic heterocycles. The van der Waals surface area contributed by atoms with Gasteiger partial charge in [0.25, 0.3) is 5.56 Å². The highest BCUT2D eigenvalue weighted by Gasteiger charge is 2.10. The van der Waals surface area contributed by atoms with Gasteiger partial charge in [0.1, 0.15) is 11.7 Å². The van der Waals surface area contributed by atoms with E-state index < -0.39 is 0 Å². The number of aryl methyl sites for hydroxylation is 1. The second kappa shape index (κ2) is 5.77. The van der Waals surface area contributed by atoms with E-state index in [1.54, 1.807) is 28.8 Å². The zero-order chi connectivity index (χ0) is 16.5. The summed E-state index contributed by atoms with van der Waals surface area (Å²) in [5, 5.41) is 4.72. The van der Waals surface area contributed by atoms with Gasteiger partial charge in [-0.3, -0.25) is 14.0 Å². The van der Waals surface area contributed by atoms with E-state index in [1.165, 1.54) is 0 Å². The van der Waals surface area contributed by atoms with Crippen LogP contribution < -0.4 is 5.56 Å². The maximum absolute atomic E-state index is 12.7. The zero-order valence-electron chi connectivity index (χ0n) is 13.3. The van der Waals surface area contributed by atoms with Gasteiger partial charge in [0.2, 0.25) is 0 Å². The average Bonchev–Trinajstić information content (AvgIpc) is 3.00. The standard InChI is InChI=1S/C19H16N4O/c1-22-12-17-18(21-22)20-13-23(19(17)24)11-15-9-5-6-10-16(15)14-7-3-2-4-8-14/h2-10,12-13H,11H2,1H3. The van der Waals surface area contributed by atoms with E-state index in [2.05, 4.69) is 28.3 Å².